The van der Waals surface area contributed by atoms with E-state index in [4.69, 9.17) is 5.73 Å². The highest BCUT2D eigenvalue weighted by atomic mass is 79.9. The Hall–Kier alpha value is -0.750. The molecule has 0 amide bonds. The van der Waals surface area contributed by atoms with E-state index in [-0.39, 0.29) is 6.04 Å². The lowest BCUT2D eigenvalue weighted by Gasteiger charge is -2.20. The Balaban J connectivity index is 2.26. The summed E-state index contributed by atoms with van der Waals surface area (Å²) in [6.07, 6.45) is -4.31. The Bertz CT molecular complexity index is 437. The third-order valence-corrected chi connectivity index (χ3v) is 3.92. The first-order valence-corrected chi connectivity index (χ1v) is 6.45. The molecule has 1 aliphatic heterocycles. The van der Waals surface area contributed by atoms with Crippen LogP contribution in [-0.4, -0.2) is 19.1 Å². The van der Waals surface area contributed by atoms with E-state index in [9.17, 15) is 13.2 Å². The van der Waals surface area contributed by atoms with Crippen molar-refractivity contribution in [2.75, 3.05) is 18.0 Å². The quantitative estimate of drug-likeness (QED) is 0.860. The van der Waals surface area contributed by atoms with E-state index in [0.29, 0.717) is 16.9 Å². The summed E-state index contributed by atoms with van der Waals surface area (Å²) in [7, 11) is 0. The van der Waals surface area contributed by atoms with Crippen molar-refractivity contribution in [2.24, 2.45) is 11.7 Å². The minimum Gasteiger partial charge on any atom is -0.369 e. The molecule has 1 fully saturated rings. The number of hydrogen-bond acceptors (Lipinski definition) is 2. The highest BCUT2D eigenvalue weighted by molar-refractivity contribution is 9.10. The van der Waals surface area contributed by atoms with Gasteiger partial charge in [-0.2, -0.15) is 13.2 Å². The van der Waals surface area contributed by atoms with E-state index < -0.39 is 11.7 Å². The van der Waals surface area contributed by atoms with Crippen molar-refractivity contribution < 1.29 is 13.2 Å². The molecule has 2 rings (SSSR count). The number of halogens is 4. The molecule has 0 spiro atoms. The van der Waals surface area contributed by atoms with Crippen LogP contribution in [0.5, 0.6) is 0 Å². The summed E-state index contributed by atoms with van der Waals surface area (Å²) >= 11 is 3.21. The van der Waals surface area contributed by atoms with E-state index in [0.717, 1.165) is 24.4 Å². The zero-order valence-electron chi connectivity index (χ0n) is 9.84. The SMILES string of the molecule is CC1CN(c2ccc(C(F)(F)F)cc2Br)CC1N. The van der Waals surface area contributed by atoms with Crippen molar-refractivity contribution in [2.45, 2.75) is 19.1 Å². The Kier molecular flexibility index (Phi) is 3.60. The maximum atomic E-state index is 12.5. The molecule has 1 heterocycles. The molecule has 1 aliphatic rings. The van der Waals surface area contributed by atoms with Gasteiger partial charge in [0.25, 0.3) is 0 Å². The molecule has 6 heteroatoms. The Labute approximate surface area is 112 Å². The zero-order valence-corrected chi connectivity index (χ0v) is 11.4. The summed E-state index contributed by atoms with van der Waals surface area (Å²) in [5, 5.41) is 0. The van der Waals surface area contributed by atoms with E-state index in [1.165, 1.54) is 6.07 Å². The van der Waals surface area contributed by atoms with Gasteiger partial charge in [-0.25, -0.2) is 0 Å². The van der Waals surface area contributed by atoms with Crippen molar-refractivity contribution in [1.82, 2.24) is 0 Å². The zero-order chi connectivity index (χ0) is 13.5. The molecule has 0 aromatic heterocycles. The highest BCUT2D eigenvalue weighted by Gasteiger charge is 2.32. The second-order valence-corrected chi connectivity index (χ2v) is 5.56. The lowest BCUT2D eigenvalue weighted by Crippen LogP contribution is -2.28. The first kappa shape index (κ1) is 13.7. The molecular formula is C12H14BrF3N2. The molecular weight excluding hydrogens is 309 g/mol. The Morgan fingerprint density at radius 1 is 1.33 bits per heavy atom. The van der Waals surface area contributed by atoms with Gasteiger partial charge in [0.05, 0.1) is 11.3 Å². The normalized spacial score (nSPS) is 24.7. The summed E-state index contributed by atoms with van der Waals surface area (Å²) in [5.41, 5.74) is 6.04. The van der Waals surface area contributed by atoms with Crippen LogP contribution in [0.1, 0.15) is 12.5 Å². The fourth-order valence-corrected chi connectivity index (χ4v) is 2.76. The van der Waals surface area contributed by atoms with Gasteiger partial charge >= 0.3 is 6.18 Å². The van der Waals surface area contributed by atoms with E-state index in [1.54, 1.807) is 0 Å². The number of nitrogens with zero attached hydrogens (tertiary/aromatic N) is 1. The van der Waals surface area contributed by atoms with E-state index >= 15 is 0 Å². The van der Waals surface area contributed by atoms with Gasteiger partial charge in [0.15, 0.2) is 0 Å². The van der Waals surface area contributed by atoms with Gasteiger partial charge in [0, 0.05) is 23.6 Å². The van der Waals surface area contributed by atoms with Crippen molar-refractivity contribution in [3.63, 3.8) is 0 Å². The Morgan fingerprint density at radius 2 is 2.00 bits per heavy atom. The van der Waals surface area contributed by atoms with Crippen LogP contribution in [0.4, 0.5) is 18.9 Å². The fourth-order valence-electron chi connectivity index (χ4n) is 2.13. The average Bonchev–Trinajstić information content (AvgIpc) is 2.57. The molecule has 1 aromatic carbocycles. The molecule has 2 N–H and O–H groups in total. The molecule has 1 saturated heterocycles. The second-order valence-electron chi connectivity index (χ2n) is 4.71. The predicted molar refractivity (Wildman–Crippen MR) is 68.5 cm³/mol. The van der Waals surface area contributed by atoms with Gasteiger partial charge in [0.2, 0.25) is 0 Å². The minimum absolute atomic E-state index is 0.0687. The molecule has 0 bridgehead atoms. The van der Waals surface area contributed by atoms with Crippen LogP contribution in [-0.2, 0) is 6.18 Å². The molecule has 18 heavy (non-hydrogen) atoms. The summed E-state index contributed by atoms with van der Waals surface area (Å²) in [6.45, 7) is 3.49. The van der Waals surface area contributed by atoms with Crippen LogP contribution in [0, 0.1) is 5.92 Å². The van der Waals surface area contributed by atoms with E-state index in [1.807, 2.05) is 11.8 Å². The van der Waals surface area contributed by atoms with Crippen LogP contribution < -0.4 is 10.6 Å². The summed E-state index contributed by atoms with van der Waals surface area (Å²) in [5.74, 6) is 0.346. The summed E-state index contributed by atoms with van der Waals surface area (Å²) in [4.78, 5) is 2.01. The predicted octanol–water partition coefficient (Wildman–Crippen LogP) is 3.25. The molecule has 100 valence electrons. The molecule has 0 saturated carbocycles. The molecule has 1 aromatic rings. The number of alkyl halides is 3. The highest BCUT2D eigenvalue weighted by Crippen LogP contribution is 2.36. The van der Waals surface area contributed by atoms with Crippen LogP contribution in [0.15, 0.2) is 22.7 Å². The topological polar surface area (TPSA) is 29.3 Å². The molecule has 2 unspecified atom stereocenters. The fraction of sp³-hybridized carbons (Fsp3) is 0.500. The molecule has 0 radical (unpaired) electrons. The standard InChI is InChI=1S/C12H14BrF3N2/c1-7-5-18(6-10(7)17)11-3-2-8(4-9(11)13)12(14,15)16/h2-4,7,10H,5-6,17H2,1H3. The van der Waals surface area contributed by atoms with Gasteiger partial charge in [-0.15, -0.1) is 0 Å². The van der Waals surface area contributed by atoms with Crippen LogP contribution in [0.2, 0.25) is 0 Å². The van der Waals surface area contributed by atoms with Crippen molar-refractivity contribution >= 4 is 21.6 Å². The van der Waals surface area contributed by atoms with Gasteiger partial charge in [-0.3, -0.25) is 0 Å². The van der Waals surface area contributed by atoms with Crippen molar-refractivity contribution in [3.05, 3.63) is 28.2 Å². The van der Waals surface area contributed by atoms with Crippen molar-refractivity contribution in [3.8, 4) is 0 Å². The third kappa shape index (κ3) is 2.64. The molecule has 2 atom stereocenters. The maximum Gasteiger partial charge on any atom is 0.416 e. The van der Waals surface area contributed by atoms with Crippen molar-refractivity contribution in [1.29, 1.82) is 0 Å². The summed E-state index contributed by atoms with van der Waals surface area (Å²) in [6, 6.07) is 3.79. The third-order valence-electron chi connectivity index (χ3n) is 3.29. The molecule has 0 aliphatic carbocycles. The lowest BCUT2D eigenvalue weighted by molar-refractivity contribution is -0.137. The first-order chi connectivity index (χ1) is 8.29. The van der Waals surface area contributed by atoms with Gasteiger partial charge in [0.1, 0.15) is 0 Å². The lowest BCUT2D eigenvalue weighted by atomic mass is 10.1. The smallest absolute Gasteiger partial charge is 0.369 e. The summed E-state index contributed by atoms with van der Waals surface area (Å²) < 4.78 is 38.1. The van der Waals surface area contributed by atoms with Gasteiger partial charge < -0.3 is 10.6 Å². The number of hydrogen-bond donors (Lipinski definition) is 1. The first-order valence-electron chi connectivity index (χ1n) is 5.66. The molecule has 2 nitrogen and oxygen atoms in total. The van der Waals surface area contributed by atoms with Crippen LogP contribution >= 0.6 is 15.9 Å². The van der Waals surface area contributed by atoms with Gasteiger partial charge in [-0.05, 0) is 40.0 Å². The average molecular weight is 323 g/mol. The number of nitrogens with two attached hydrogens (primary N) is 1. The number of benzene rings is 1. The second kappa shape index (κ2) is 4.74. The number of anilines is 1. The maximum absolute atomic E-state index is 12.5. The van der Waals surface area contributed by atoms with Gasteiger partial charge in [-0.1, -0.05) is 6.92 Å². The Morgan fingerprint density at radius 3 is 2.44 bits per heavy atom. The monoisotopic (exact) mass is 322 g/mol. The number of rotatable bonds is 1. The largest absolute Gasteiger partial charge is 0.416 e. The minimum atomic E-state index is -4.31. The van der Waals surface area contributed by atoms with Crippen LogP contribution in [0.3, 0.4) is 0 Å². The van der Waals surface area contributed by atoms with Crippen LogP contribution in [0.25, 0.3) is 0 Å². The van der Waals surface area contributed by atoms with E-state index in [2.05, 4.69) is 15.9 Å².